The van der Waals surface area contributed by atoms with Crippen molar-refractivity contribution in [3.8, 4) is 17.2 Å². The summed E-state index contributed by atoms with van der Waals surface area (Å²) in [5.74, 6) is 2.64. The Balaban J connectivity index is 1.31. The first-order chi connectivity index (χ1) is 15.2. The zero-order valence-corrected chi connectivity index (χ0v) is 18.4. The number of quaternary nitrogens is 1. The van der Waals surface area contributed by atoms with E-state index in [4.69, 9.17) is 14.2 Å². The molecule has 0 saturated carbocycles. The van der Waals surface area contributed by atoms with Gasteiger partial charge in [0.1, 0.15) is 19.0 Å². The lowest BCUT2D eigenvalue weighted by atomic mass is 10.1. The monoisotopic (exact) mass is 426 g/mol. The fraction of sp³-hybridized carbons (Fsp3) is 0.458. The first kappa shape index (κ1) is 21.3. The minimum absolute atomic E-state index is 0.193. The second kappa shape index (κ2) is 9.92. The van der Waals surface area contributed by atoms with E-state index in [9.17, 15) is 4.79 Å². The van der Waals surface area contributed by atoms with Gasteiger partial charge in [0.25, 0.3) is 5.91 Å². The highest BCUT2D eigenvalue weighted by molar-refractivity contribution is 5.77. The molecule has 2 heterocycles. The largest absolute Gasteiger partial charge is 0.495 e. The Bertz CT molecular complexity index is 896. The Kier molecular flexibility index (Phi) is 6.82. The number of rotatable bonds is 7. The second-order valence-electron chi connectivity index (χ2n) is 7.97. The third kappa shape index (κ3) is 5.05. The van der Waals surface area contributed by atoms with E-state index in [0.717, 1.165) is 54.7 Å². The van der Waals surface area contributed by atoms with Crippen LogP contribution in [0.15, 0.2) is 42.5 Å². The zero-order valence-electron chi connectivity index (χ0n) is 18.4. The van der Waals surface area contributed by atoms with Crippen LogP contribution in [-0.4, -0.2) is 70.4 Å². The van der Waals surface area contributed by atoms with Crippen LogP contribution in [0.1, 0.15) is 12.5 Å². The van der Waals surface area contributed by atoms with Crippen molar-refractivity contribution in [2.75, 3.05) is 64.5 Å². The summed E-state index contributed by atoms with van der Waals surface area (Å²) in [7, 11) is 1.71. The number of methoxy groups -OCH3 is 1. The van der Waals surface area contributed by atoms with Crippen LogP contribution in [0.25, 0.3) is 0 Å². The smallest absolute Gasteiger partial charge is 0.278 e. The predicted octanol–water partition coefficient (Wildman–Crippen LogP) is 1.22. The summed E-state index contributed by atoms with van der Waals surface area (Å²) in [5, 5.41) is 0. The highest BCUT2D eigenvalue weighted by atomic mass is 16.6. The number of anilines is 1. The molecule has 0 aromatic heterocycles. The fourth-order valence-electron chi connectivity index (χ4n) is 4.24. The minimum Gasteiger partial charge on any atom is -0.495 e. The lowest BCUT2D eigenvalue weighted by Gasteiger charge is -2.34. The van der Waals surface area contributed by atoms with Crippen LogP contribution in [0.2, 0.25) is 0 Å². The molecule has 1 amide bonds. The Morgan fingerprint density at radius 1 is 1.10 bits per heavy atom. The van der Waals surface area contributed by atoms with E-state index >= 15 is 0 Å². The molecular weight excluding hydrogens is 394 g/mol. The lowest BCUT2D eigenvalue weighted by Crippen LogP contribution is -3.15. The van der Waals surface area contributed by atoms with Gasteiger partial charge < -0.3 is 28.9 Å². The number of piperazine rings is 1. The Morgan fingerprint density at radius 3 is 2.58 bits per heavy atom. The van der Waals surface area contributed by atoms with Crippen LogP contribution in [0, 0.1) is 0 Å². The van der Waals surface area contributed by atoms with Crippen LogP contribution >= 0.6 is 0 Å². The highest BCUT2D eigenvalue weighted by Gasteiger charge is 2.26. The molecule has 2 aliphatic rings. The van der Waals surface area contributed by atoms with E-state index in [0.29, 0.717) is 32.8 Å². The Morgan fingerprint density at radius 2 is 1.84 bits per heavy atom. The van der Waals surface area contributed by atoms with Crippen LogP contribution in [0.4, 0.5) is 5.69 Å². The summed E-state index contributed by atoms with van der Waals surface area (Å²) in [4.78, 5) is 18.6. The Hall–Kier alpha value is -2.93. The summed E-state index contributed by atoms with van der Waals surface area (Å²) >= 11 is 0. The number of nitrogens with one attached hydrogen (secondary N) is 1. The van der Waals surface area contributed by atoms with Gasteiger partial charge in [-0.05, 0) is 36.8 Å². The van der Waals surface area contributed by atoms with Crippen molar-refractivity contribution in [3.63, 3.8) is 0 Å². The molecule has 2 aromatic carbocycles. The maximum atomic E-state index is 13.0. The summed E-state index contributed by atoms with van der Waals surface area (Å²) in [5.41, 5.74) is 2.19. The molecule has 1 saturated heterocycles. The van der Waals surface area contributed by atoms with Gasteiger partial charge in [0.2, 0.25) is 0 Å². The molecule has 1 N–H and O–H groups in total. The fourth-order valence-corrected chi connectivity index (χ4v) is 4.24. The number of ether oxygens (including phenoxy) is 3. The number of nitrogens with zero attached hydrogens (tertiary/aromatic N) is 2. The first-order valence-electron chi connectivity index (χ1n) is 11.1. The lowest BCUT2D eigenvalue weighted by molar-refractivity contribution is -0.892. The molecule has 1 fully saturated rings. The molecule has 31 heavy (non-hydrogen) atoms. The number of amides is 1. The summed E-state index contributed by atoms with van der Waals surface area (Å²) in [6.45, 7) is 8.69. The van der Waals surface area contributed by atoms with Crippen LogP contribution in [-0.2, 0) is 11.3 Å². The van der Waals surface area contributed by atoms with Crippen LogP contribution < -0.4 is 24.0 Å². The van der Waals surface area contributed by atoms with Crippen molar-refractivity contribution >= 4 is 11.6 Å². The number of fused-ring (bicyclic) bond motifs is 1. The molecule has 7 heteroatoms. The van der Waals surface area contributed by atoms with E-state index in [1.54, 1.807) is 7.11 Å². The van der Waals surface area contributed by atoms with E-state index < -0.39 is 0 Å². The second-order valence-corrected chi connectivity index (χ2v) is 7.97. The number of benzene rings is 2. The first-order valence-corrected chi connectivity index (χ1v) is 11.1. The molecule has 0 aliphatic carbocycles. The van der Waals surface area contributed by atoms with E-state index in [-0.39, 0.29) is 5.91 Å². The Labute approximate surface area is 184 Å². The number of hydrogen-bond acceptors (Lipinski definition) is 5. The number of hydrogen-bond donors (Lipinski definition) is 1. The van der Waals surface area contributed by atoms with Gasteiger partial charge in [0.05, 0.1) is 39.0 Å². The molecule has 2 aliphatic heterocycles. The van der Waals surface area contributed by atoms with Crippen LogP contribution in [0.3, 0.4) is 0 Å². The highest BCUT2D eigenvalue weighted by Crippen LogP contribution is 2.31. The molecule has 166 valence electrons. The zero-order chi connectivity index (χ0) is 21.6. The van der Waals surface area contributed by atoms with Crippen molar-refractivity contribution in [1.29, 1.82) is 0 Å². The molecule has 0 bridgehead atoms. The minimum atomic E-state index is 0.193. The molecular formula is C24H32N3O4+. The molecule has 0 radical (unpaired) electrons. The standard InChI is InChI=1S/C24H31N3O4/c1-3-26(17-19-8-9-22-23(16-19)31-15-14-30-22)24(28)18-25-10-12-27(13-11-25)20-6-4-5-7-21(20)29-2/h4-9,16H,3,10-15,17-18H2,1-2H3/p+1. The number of carbonyl (C=O) groups is 1. The van der Waals surface area contributed by atoms with E-state index in [1.165, 1.54) is 4.90 Å². The van der Waals surface area contributed by atoms with E-state index in [2.05, 4.69) is 11.0 Å². The van der Waals surface area contributed by atoms with Gasteiger partial charge in [-0.25, -0.2) is 0 Å². The quantitative estimate of drug-likeness (QED) is 0.722. The molecule has 0 atom stereocenters. The third-order valence-corrected chi connectivity index (χ3v) is 6.01. The molecule has 0 spiro atoms. The number of para-hydroxylation sites is 2. The maximum Gasteiger partial charge on any atom is 0.278 e. The van der Waals surface area contributed by atoms with Gasteiger partial charge in [0, 0.05) is 13.1 Å². The van der Waals surface area contributed by atoms with Gasteiger partial charge in [-0.2, -0.15) is 0 Å². The topological polar surface area (TPSA) is 55.7 Å². The number of likely N-dealkylation sites (N-methyl/N-ethyl adjacent to an activating group) is 1. The van der Waals surface area contributed by atoms with Gasteiger partial charge in [0.15, 0.2) is 18.0 Å². The maximum absolute atomic E-state index is 13.0. The molecule has 2 aromatic rings. The average Bonchev–Trinajstić information content (AvgIpc) is 2.82. The van der Waals surface area contributed by atoms with Gasteiger partial charge in [-0.1, -0.05) is 18.2 Å². The molecule has 7 nitrogen and oxygen atoms in total. The van der Waals surface area contributed by atoms with Gasteiger partial charge in [-0.3, -0.25) is 4.79 Å². The van der Waals surface area contributed by atoms with Crippen molar-refractivity contribution in [2.45, 2.75) is 13.5 Å². The third-order valence-electron chi connectivity index (χ3n) is 6.01. The summed E-state index contributed by atoms with van der Waals surface area (Å²) in [6, 6.07) is 14.1. The van der Waals surface area contributed by atoms with Gasteiger partial charge in [-0.15, -0.1) is 0 Å². The van der Waals surface area contributed by atoms with Crippen molar-refractivity contribution in [2.24, 2.45) is 0 Å². The molecule has 0 unspecified atom stereocenters. The van der Waals surface area contributed by atoms with Crippen molar-refractivity contribution in [1.82, 2.24) is 4.90 Å². The van der Waals surface area contributed by atoms with Crippen molar-refractivity contribution in [3.05, 3.63) is 48.0 Å². The summed E-state index contributed by atoms with van der Waals surface area (Å²) < 4.78 is 16.8. The van der Waals surface area contributed by atoms with E-state index in [1.807, 2.05) is 48.2 Å². The van der Waals surface area contributed by atoms with Crippen molar-refractivity contribution < 1.29 is 23.9 Å². The molecule has 4 rings (SSSR count). The van der Waals surface area contributed by atoms with Crippen LogP contribution in [0.5, 0.6) is 17.2 Å². The summed E-state index contributed by atoms with van der Waals surface area (Å²) in [6.07, 6.45) is 0. The SMILES string of the molecule is CCN(Cc1ccc2c(c1)OCCO2)C(=O)C[NH+]1CCN(c2ccccc2OC)CC1. The average molecular weight is 427 g/mol. The number of carbonyl (C=O) groups excluding carboxylic acids is 1. The normalized spacial score (nSPS) is 16.1. The van der Waals surface area contributed by atoms with Gasteiger partial charge >= 0.3 is 0 Å². The predicted molar refractivity (Wildman–Crippen MR) is 119 cm³/mol.